The Morgan fingerprint density at radius 2 is 1.71 bits per heavy atom. The molecule has 10 rings (SSSR count). The highest BCUT2D eigenvalue weighted by Crippen LogP contribution is 2.70. The Kier molecular flexibility index (Phi) is 5.41. The third kappa shape index (κ3) is 4.07. The quantitative estimate of drug-likeness (QED) is 0.296. The van der Waals surface area contributed by atoms with Gasteiger partial charge in [-0.3, -0.25) is 4.79 Å². The van der Waals surface area contributed by atoms with Crippen molar-refractivity contribution in [2.75, 3.05) is 11.4 Å². The van der Waals surface area contributed by atoms with E-state index in [1.807, 2.05) is 29.4 Å². The average Bonchev–Trinajstić information content (AvgIpc) is 3.69. The molecule has 7 fully saturated rings. The van der Waals surface area contributed by atoms with Crippen LogP contribution in [0, 0.1) is 10.8 Å². The van der Waals surface area contributed by atoms with Gasteiger partial charge in [0.05, 0.1) is 5.41 Å². The normalized spacial score (nSPS) is 33.4. The zero-order valence-electron chi connectivity index (χ0n) is 24.0. The molecule has 0 atom stereocenters. The second-order valence-corrected chi connectivity index (χ2v) is 14.4. The highest BCUT2D eigenvalue weighted by atomic mass is 19.1. The van der Waals surface area contributed by atoms with Crippen LogP contribution in [0.1, 0.15) is 114 Å². The minimum atomic E-state index is -1.11. The number of alkyl halides is 1. The van der Waals surface area contributed by atoms with Crippen LogP contribution in [-0.4, -0.2) is 38.2 Å². The standard InChI is InChI=1S/C33H38FN5O2/c1-21(2)26-37-28(41-38-26)31-11-8-30(9-12-31,10-13-31)20-39(29(40)32-17-33(34,18-32)19-32)25-5-3-4-23(14-25)24-15-35-27(36-16-24)22-6-7-22/h3-5,14-16,21-22H,6-13,17-20H2,1-2H3. The summed E-state index contributed by atoms with van der Waals surface area (Å²) in [6.45, 7) is 4.85. The lowest BCUT2D eigenvalue weighted by atomic mass is 9.41. The van der Waals surface area contributed by atoms with Gasteiger partial charge in [-0.1, -0.05) is 31.1 Å². The maximum Gasteiger partial charge on any atom is 0.233 e. The van der Waals surface area contributed by atoms with Gasteiger partial charge >= 0.3 is 0 Å². The first-order valence-corrected chi connectivity index (χ1v) is 15.5. The maximum absolute atomic E-state index is 14.6. The average molecular weight is 556 g/mol. The van der Waals surface area contributed by atoms with Crippen LogP contribution in [0.2, 0.25) is 0 Å². The van der Waals surface area contributed by atoms with Crippen LogP contribution in [0.15, 0.2) is 41.2 Å². The third-order valence-electron chi connectivity index (χ3n) is 11.1. The number of hydrogen-bond donors (Lipinski definition) is 0. The Bertz CT molecular complexity index is 1470. The van der Waals surface area contributed by atoms with Crippen LogP contribution in [0.3, 0.4) is 0 Å². The second-order valence-electron chi connectivity index (χ2n) is 14.4. The Balaban J connectivity index is 1.07. The molecule has 8 heteroatoms. The number of carbonyl (C=O) groups excluding carboxylic acids is 1. The lowest BCUT2D eigenvalue weighted by molar-refractivity contribution is -0.211. The highest BCUT2D eigenvalue weighted by molar-refractivity contribution is 6.00. The Morgan fingerprint density at radius 3 is 2.29 bits per heavy atom. The molecule has 1 aromatic carbocycles. The Hall–Kier alpha value is -3.16. The molecule has 214 valence electrons. The molecule has 0 N–H and O–H groups in total. The largest absolute Gasteiger partial charge is 0.339 e. The predicted octanol–water partition coefficient (Wildman–Crippen LogP) is 7.04. The first-order chi connectivity index (χ1) is 19.7. The smallest absolute Gasteiger partial charge is 0.233 e. The van der Waals surface area contributed by atoms with E-state index in [1.54, 1.807) is 0 Å². The van der Waals surface area contributed by atoms with Gasteiger partial charge in [-0.2, -0.15) is 4.98 Å². The van der Waals surface area contributed by atoms with Crippen molar-refractivity contribution in [3.8, 4) is 11.1 Å². The summed E-state index contributed by atoms with van der Waals surface area (Å²) in [7, 11) is 0. The van der Waals surface area contributed by atoms with Crippen LogP contribution in [0.25, 0.3) is 11.1 Å². The number of fused-ring (bicyclic) bond motifs is 3. The van der Waals surface area contributed by atoms with Crippen LogP contribution in [-0.2, 0) is 10.2 Å². The fourth-order valence-corrected chi connectivity index (χ4v) is 8.19. The summed E-state index contributed by atoms with van der Waals surface area (Å²) in [5.41, 5.74) is 1.21. The van der Waals surface area contributed by atoms with E-state index in [0.717, 1.165) is 72.9 Å². The fraction of sp³-hybridized carbons (Fsp3) is 0.606. The van der Waals surface area contributed by atoms with E-state index in [-0.39, 0.29) is 22.7 Å². The van der Waals surface area contributed by atoms with E-state index in [1.165, 1.54) is 12.8 Å². The van der Waals surface area contributed by atoms with E-state index in [0.29, 0.717) is 31.7 Å². The summed E-state index contributed by atoms with van der Waals surface area (Å²) >= 11 is 0. The SMILES string of the molecule is CC(C)c1noc(C23CCC(CN(C(=O)C45CC(F)(C4)C5)c4cccc(-c5cnc(C6CC6)nc5)c4)(CC2)CC3)n1. The minimum Gasteiger partial charge on any atom is -0.339 e. The van der Waals surface area contributed by atoms with Gasteiger partial charge in [-0.15, -0.1) is 0 Å². The number of anilines is 1. The number of benzene rings is 1. The van der Waals surface area contributed by atoms with Crippen LogP contribution in [0.5, 0.6) is 0 Å². The van der Waals surface area contributed by atoms with Crippen molar-refractivity contribution in [3.05, 3.63) is 54.2 Å². The molecule has 3 aromatic rings. The van der Waals surface area contributed by atoms with Crippen molar-refractivity contribution in [2.24, 2.45) is 10.8 Å². The van der Waals surface area contributed by atoms with E-state index in [4.69, 9.17) is 9.51 Å². The monoisotopic (exact) mass is 555 g/mol. The fourth-order valence-electron chi connectivity index (χ4n) is 8.19. The Morgan fingerprint density at radius 1 is 1.02 bits per heavy atom. The summed E-state index contributed by atoms with van der Waals surface area (Å²) in [6, 6.07) is 8.21. The first-order valence-electron chi connectivity index (χ1n) is 15.5. The molecule has 0 aliphatic heterocycles. The summed E-state index contributed by atoms with van der Waals surface area (Å²) < 4.78 is 20.4. The summed E-state index contributed by atoms with van der Waals surface area (Å²) in [5, 5.41) is 4.25. The van der Waals surface area contributed by atoms with Crippen molar-refractivity contribution in [2.45, 2.75) is 107 Å². The predicted molar refractivity (Wildman–Crippen MR) is 152 cm³/mol. The second kappa shape index (κ2) is 8.68. The Labute approximate surface area is 240 Å². The van der Waals surface area contributed by atoms with Crippen molar-refractivity contribution < 1.29 is 13.7 Å². The third-order valence-corrected chi connectivity index (χ3v) is 11.1. The van der Waals surface area contributed by atoms with Gasteiger partial charge in [-0.25, -0.2) is 14.4 Å². The lowest BCUT2D eigenvalue weighted by Crippen LogP contribution is -2.71. The van der Waals surface area contributed by atoms with Crippen LogP contribution in [0.4, 0.5) is 10.1 Å². The molecule has 2 aromatic heterocycles. The number of amides is 1. The van der Waals surface area contributed by atoms with Gasteiger partial charge in [0.15, 0.2) is 5.82 Å². The van der Waals surface area contributed by atoms with Crippen LogP contribution < -0.4 is 4.90 Å². The molecule has 1 amide bonds. The van der Waals surface area contributed by atoms with Gasteiger partial charge in [0.2, 0.25) is 11.8 Å². The molecule has 4 bridgehead atoms. The molecule has 7 nitrogen and oxygen atoms in total. The van der Waals surface area contributed by atoms with E-state index < -0.39 is 11.1 Å². The van der Waals surface area contributed by atoms with Gasteiger partial charge < -0.3 is 9.42 Å². The molecule has 2 heterocycles. The number of hydrogen-bond acceptors (Lipinski definition) is 6. The molecule has 7 aliphatic carbocycles. The summed E-state index contributed by atoms with van der Waals surface area (Å²) in [5.74, 6) is 3.36. The van der Waals surface area contributed by atoms with Crippen LogP contribution >= 0.6 is 0 Å². The zero-order valence-corrected chi connectivity index (χ0v) is 24.0. The lowest BCUT2D eigenvalue weighted by Gasteiger charge is -2.65. The number of aromatic nitrogens is 4. The molecule has 0 radical (unpaired) electrons. The summed E-state index contributed by atoms with van der Waals surface area (Å²) in [4.78, 5) is 30.2. The minimum absolute atomic E-state index is 0.0419. The van der Waals surface area contributed by atoms with E-state index in [2.05, 4.69) is 41.1 Å². The number of halogens is 1. The van der Waals surface area contributed by atoms with Gasteiger partial charge in [0.1, 0.15) is 11.5 Å². The van der Waals surface area contributed by atoms with Crippen molar-refractivity contribution >= 4 is 11.6 Å². The van der Waals surface area contributed by atoms with Gasteiger partial charge in [0, 0.05) is 47.4 Å². The first kappa shape index (κ1) is 25.5. The molecule has 0 unspecified atom stereocenters. The maximum atomic E-state index is 14.6. The van der Waals surface area contributed by atoms with E-state index >= 15 is 0 Å². The topological polar surface area (TPSA) is 85.0 Å². The molecular weight excluding hydrogens is 517 g/mol. The van der Waals surface area contributed by atoms with Crippen molar-refractivity contribution in [1.29, 1.82) is 0 Å². The van der Waals surface area contributed by atoms with Crippen molar-refractivity contribution in [1.82, 2.24) is 20.1 Å². The molecule has 7 saturated carbocycles. The molecule has 0 saturated heterocycles. The zero-order chi connectivity index (χ0) is 28.0. The number of nitrogens with zero attached hydrogens (tertiary/aromatic N) is 5. The van der Waals surface area contributed by atoms with Gasteiger partial charge in [0.25, 0.3) is 0 Å². The molecular formula is C33H38FN5O2. The number of carbonyl (C=O) groups is 1. The summed E-state index contributed by atoms with van der Waals surface area (Å²) in [6.07, 6.45) is 13.3. The van der Waals surface area contributed by atoms with Gasteiger partial charge in [-0.05, 0) is 93.7 Å². The number of rotatable bonds is 8. The van der Waals surface area contributed by atoms with Crippen molar-refractivity contribution in [3.63, 3.8) is 0 Å². The van der Waals surface area contributed by atoms with E-state index in [9.17, 15) is 9.18 Å². The molecule has 41 heavy (non-hydrogen) atoms. The molecule has 0 spiro atoms. The molecule has 7 aliphatic rings. The highest BCUT2D eigenvalue weighted by Gasteiger charge is 2.73.